The molecule has 0 aliphatic rings. The second-order valence-corrected chi connectivity index (χ2v) is 6.30. The molecule has 0 atom stereocenters. The number of nitriles is 1. The van der Waals surface area contributed by atoms with Crippen molar-refractivity contribution in [1.29, 1.82) is 5.26 Å². The molecule has 0 unspecified atom stereocenters. The number of benzene rings is 2. The van der Waals surface area contributed by atoms with E-state index in [2.05, 4.69) is 5.32 Å². The summed E-state index contributed by atoms with van der Waals surface area (Å²) >= 11 is 12.1. The van der Waals surface area contributed by atoms with E-state index in [1.165, 1.54) is 30.3 Å². The van der Waals surface area contributed by atoms with Gasteiger partial charge in [0.15, 0.2) is 0 Å². The summed E-state index contributed by atoms with van der Waals surface area (Å²) in [5.41, 5.74) is 0.795. The van der Waals surface area contributed by atoms with E-state index in [0.29, 0.717) is 32.8 Å². The summed E-state index contributed by atoms with van der Waals surface area (Å²) in [5.74, 6) is -0.313. The molecule has 1 N–H and O–H groups in total. The molecule has 0 spiro atoms. The van der Waals surface area contributed by atoms with Gasteiger partial charge in [-0.05, 0) is 54.6 Å². The van der Waals surface area contributed by atoms with Gasteiger partial charge in [0, 0.05) is 22.3 Å². The second kappa shape index (κ2) is 8.09. The molecule has 0 aliphatic heterocycles. The van der Waals surface area contributed by atoms with Crippen molar-refractivity contribution in [3.63, 3.8) is 0 Å². The van der Waals surface area contributed by atoms with Gasteiger partial charge in [0.05, 0.1) is 5.02 Å². The van der Waals surface area contributed by atoms with Crippen LogP contribution in [-0.4, -0.2) is 5.91 Å². The second-order valence-electron chi connectivity index (χ2n) is 5.46. The third-order valence-corrected chi connectivity index (χ3v) is 4.14. The third kappa shape index (κ3) is 4.56. The highest BCUT2D eigenvalue weighted by Gasteiger charge is 2.13. The molecule has 4 nitrogen and oxygen atoms in total. The number of carbonyl (C=O) groups is 1. The van der Waals surface area contributed by atoms with Crippen LogP contribution in [0.15, 0.2) is 64.6 Å². The Morgan fingerprint density at radius 2 is 1.85 bits per heavy atom. The highest BCUT2D eigenvalue weighted by atomic mass is 35.5. The molecule has 0 aliphatic carbocycles. The zero-order valence-electron chi connectivity index (χ0n) is 13.7. The van der Waals surface area contributed by atoms with Crippen molar-refractivity contribution >= 4 is 40.9 Å². The van der Waals surface area contributed by atoms with Crippen LogP contribution in [0.2, 0.25) is 10.0 Å². The van der Waals surface area contributed by atoms with Crippen molar-refractivity contribution in [2.45, 2.75) is 0 Å². The SMILES string of the molecule is N#C/C(=C\c1ccc(-c2cc(Cl)ccc2Cl)o1)C(=O)Nc1ccc(F)cc1. The minimum absolute atomic E-state index is 0.169. The van der Waals surface area contributed by atoms with Crippen molar-refractivity contribution in [3.05, 3.63) is 81.8 Å². The summed E-state index contributed by atoms with van der Waals surface area (Å²) in [6.45, 7) is 0. The lowest BCUT2D eigenvalue weighted by Crippen LogP contribution is -2.13. The van der Waals surface area contributed by atoms with Gasteiger partial charge in [-0.3, -0.25) is 4.79 Å². The molecule has 1 aromatic heterocycles. The van der Waals surface area contributed by atoms with Gasteiger partial charge >= 0.3 is 0 Å². The third-order valence-electron chi connectivity index (χ3n) is 3.57. The zero-order valence-corrected chi connectivity index (χ0v) is 15.2. The van der Waals surface area contributed by atoms with Crippen LogP contribution in [0, 0.1) is 17.1 Å². The Labute approximate surface area is 164 Å². The molecular weight excluding hydrogens is 390 g/mol. The quantitative estimate of drug-likeness (QED) is 0.435. The highest BCUT2D eigenvalue weighted by Crippen LogP contribution is 2.32. The lowest BCUT2D eigenvalue weighted by atomic mass is 10.2. The highest BCUT2D eigenvalue weighted by molar-refractivity contribution is 6.35. The number of furan rings is 1. The summed E-state index contributed by atoms with van der Waals surface area (Å²) in [7, 11) is 0. The van der Waals surface area contributed by atoms with Gasteiger partial charge < -0.3 is 9.73 Å². The molecule has 1 heterocycles. The molecule has 27 heavy (non-hydrogen) atoms. The van der Waals surface area contributed by atoms with E-state index in [9.17, 15) is 14.4 Å². The van der Waals surface area contributed by atoms with E-state index in [1.54, 1.807) is 30.3 Å². The molecular formula is C20H11Cl2FN2O2. The van der Waals surface area contributed by atoms with Crippen LogP contribution in [0.1, 0.15) is 5.76 Å². The van der Waals surface area contributed by atoms with E-state index < -0.39 is 11.7 Å². The van der Waals surface area contributed by atoms with Crippen LogP contribution in [0.4, 0.5) is 10.1 Å². The molecule has 3 aromatic rings. The maximum Gasteiger partial charge on any atom is 0.266 e. The van der Waals surface area contributed by atoms with Crippen LogP contribution in [0.25, 0.3) is 17.4 Å². The minimum Gasteiger partial charge on any atom is -0.457 e. The van der Waals surface area contributed by atoms with Crippen LogP contribution >= 0.6 is 23.2 Å². The first-order valence-electron chi connectivity index (χ1n) is 7.70. The number of nitrogens with zero attached hydrogens (tertiary/aromatic N) is 1. The average Bonchev–Trinajstić information content (AvgIpc) is 3.12. The summed E-state index contributed by atoms with van der Waals surface area (Å²) in [5, 5.41) is 12.7. The normalized spacial score (nSPS) is 11.1. The van der Waals surface area contributed by atoms with Gasteiger partial charge in [0.1, 0.15) is 29.0 Å². The first-order valence-corrected chi connectivity index (χ1v) is 8.46. The molecule has 3 rings (SSSR count). The van der Waals surface area contributed by atoms with E-state index in [4.69, 9.17) is 27.6 Å². The largest absolute Gasteiger partial charge is 0.457 e. The number of nitrogens with one attached hydrogen (secondary N) is 1. The molecule has 0 bridgehead atoms. The summed E-state index contributed by atoms with van der Waals surface area (Å²) in [6, 6.07) is 15.3. The maximum absolute atomic E-state index is 12.9. The van der Waals surface area contributed by atoms with Gasteiger partial charge in [0.25, 0.3) is 5.91 Å². The number of halogens is 3. The Morgan fingerprint density at radius 1 is 1.11 bits per heavy atom. The Morgan fingerprint density at radius 3 is 2.56 bits per heavy atom. The number of hydrogen-bond donors (Lipinski definition) is 1. The van der Waals surface area contributed by atoms with Crippen LogP contribution in [0.5, 0.6) is 0 Å². The lowest BCUT2D eigenvalue weighted by molar-refractivity contribution is -0.112. The molecule has 0 fully saturated rings. The Bertz CT molecular complexity index is 1070. The smallest absolute Gasteiger partial charge is 0.266 e. The molecule has 0 radical (unpaired) electrons. The number of hydrogen-bond acceptors (Lipinski definition) is 3. The van der Waals surface area contributed by atoms with Crippen molar-refractivity contribution in [2.24, 2.45) is 0 Å². The minimum atomic E-state index is -0.636. The number of amides is 1. The van der Waals surface area contributed by atoms with Crippen molar-refractivity contribution in [3.8, 4) is 17.4 Å². The number of carbonyl (C=O) groups excluding carboxylic acids is 1. The summed E-state index contributed by atoms with van der Waals surface area (Å²) in [6.07, 6.45) is 1.31. The van der Waals surface area contributed by atoms with E-state index in [0.717, 1.165) is 0 Å². The standard InChI is InChI=1S/C20H11Cl2FN2O2/c21-13-1-7-18(22)17(10-13)19-8-6-16(27-19)9-12(11-24)20(26)25-15-4-2-14(23)3-5-15/h1-10H,(H,25,26)/b12-9+. The Hall–Kier alpha value is -3.07. The molecule has 134 valence electrons. The first kappa shape index (κ1) is 18.7. The van der Waals surface area contributed by atoms with Crippen molar-refractivity contribution in [1.82, 2.24) is 0 Å². The summed E-state index contributed by atoms with van der Waals surface area (Å²) in [4.78, 5) is 12.2. The molecule has 7 heteroatoms. The van der Waals surface area contributed by atoms with Crippen LogP contribution < -0.4 is 5.32 Å². The van der Waals surface area contributed by atoms with E-state index >= 15 is 0 Å². The maximum atomic E-state index is 12.9. The van der Waals surface area contributed by atoms with E-state index in [-0.39, 0.29) is 5.57 Å². The fraction of sp³-hybridized carbons (Fsp3) is 0. The zero-order chi connectivity index (χ0) is 19.4. The van der Waals surface area contributed by atoms with Gasteiger partial charge in [0.2, 0.25) is 0 Å². The van der Waals surface area contributed by atoms with Crippen LogP contribution in [0.3, 0.4) is 0 Å². The van der Waals surface area contributed by atoms with E-state index in [1.807, 2.05) is 6.07 Å². The fourth-order valence-electron chi connectivity index (χ4n) is 2.28. The lowest BCUT2D eigenvalue weighted by Gasteiger charge is -2.03. The van der Waals surface area contributed by atoms with Gasteiger partial charge in [-0.2, -0.15) is 5.26 Å². The number of anilines is 1. The topological polar surface area (TPSA) is 66.0 Å². The van der Waals surface area contributed by atoms with Crippen LogP contribution in [-0.2, 0) is 4.79 Å². The van der Waals surface area contributed by atoms with Crippen molar-refractivity contribution in [2.75, 3.05) is 5.32 Å². The molecule has 1 amide bonds. The monoisotopic (exact) mass is 400 g/mol. The van der Waals surface area contributed by atoms with Crippen molar-refractivity contribution < 1.29 is 13.6 Å². The average molecular weight is 401 g/mol. The molecule has 0 saturated heterocycles. The Kier molecular flexibility index (Phi) is 5.60. The number of rotatable bonds is 4. The predicted octanol–water partition coefficient (Wildman–Crippen LogP) is 5.94. The molecule has 0 saturated carbocycles. The fourth-order valence-corrected chi connectivity index (χ4v) is 2.67. The van der Waals surface area contributed by atoms with Gasteiger partial charge in [-0.25, -0.2) is 4.39 Å². The molecule has 2 aromatic carbocycles. The van der Waals surface area contributed by atoms with Gasteiger partial charge in [-0.15, -0.1) is 0 Å². The summed E-state index contributed by atoms with van der Waals surface area (Å²) < 4.78 is 18.6. The first-order chi connectivity index (χ1) is 13.0. The predicted molar refractivity (Wildman–Crippen MR) is 103 cm³/mol. The Balaban J connectivity index is 1.83. The van der Waals surface area contributed by atoms with Gasteiger partial charge in [-0.1, -0.05) is 23.2 Å².